The summed E-state index contributed by atoms with van der Waals surface area (Å²) in [5, 5.41) is 0. The van der Waals surface area contributed by atoms with Crippen molar-refractivity contribution in [3.8, 4) is 5.75 Å². The summed E-state index contributed by atoms with van der Waals surface area (Å²) in [6.07, 6.45) is 0. The molecule has 8 heteroatoms. The van der Waals surface area contributed by atoms with Crippen molar-refractivity contribution < 1.29 is 17.9 Å². The van der Waals surface area contributed by atoms with Gasteiger partial charge in [0.05, 0.1) is 13.7 Å². The van der Waals surface area contributed by atoms with E-state index in [9.17, 15) is 13.2 Å². The van der Waals surface area contributed by atoms with Crippen molar-refractivity contribution in [2.75, 3.05) is 26.4 Å². The van der Waals surface area contributed by atoms with Gasteiger partial charge in [0.2, 0.25) is 15.9 Å². The lowest BCUT2D eigenvalue weighted by atomic mass is 10.3. The first-order chi connectivity index (χ1) is 8.28. The molecular weight excluding hydrogens is 258 g/mol. The number of nitrogens with zero attached hydrogens (tertiary/aromatic N) is 1. The number of rotatable bonds is 5. The molecule has 1 amide bonds. The molecule has 0 fully saturated rings. The van der Waals surface area contributed by atoms with E-state index in [2.05, 4.69) is 0 Å². The standard InChI is InChI=1S/C10H15N3O4S/c1-13(6-10(12)14)18(15,16)9-4-3-7(11)5-8(9)17-2/h3-5H,6,11H2,1-2H3,(H2,12,14). The Labute approximate surface area is 105 Å². The van der Waals surface area contributed by atoms with Crippen molar-refractivity contribution in [3.63, 3.8) is 0 Å². The fraction of sp³-hybridized carbons (Fsp3) is 0.300. The number of carbonyl (C=O) groups is 1. The molecule has 0 aromatic heterocycles. The second kappa shape index (κ2) is 5.23. The van der Waals surface area contributed by atoms with Gasteiger partial charge in [0, 0.05) is 18.8 Å². The Kier molecular flexibility index (Phi) is 4.15. The van der Waals surface area contributed by atoms with Crippen LogP contribution in [0.1, 0.15) is 0 Å². The lowest BCUT2D eigenvalue weighted by Gasteiger charge is -2.17. The zero-order valence-electron chi connectivity index (χ0n) is 10.1. The van der Waals surface area contributed by atoms with Crippen LogP contribution in [-0.2, 0) is 14.8 Å². The minimum Gasteiger partial charge on any atom is -0.495 e. The molecule has 0 unspecified atom stereocenters. The largest absolute Gasteiger partial charge is 0.495 e. The molecule has 0 heterocycles. The predicted molar refractivity (Wildman–Crippen MR) is 66.4 cm³/mol. The molecule has 0 saturated heterocycles. The van der Waals surface area contributed by atoms with E-state index in [0.29, 0.717) is 5.69 Å². The molecule has 0 aliphatic rings. The number of hydrogen-bond acceptors (Lipinski definition) is 5. The van der Waals surface area contributed by atoms with Gasteiger partial charge in [-0.05, 0) is 12.1 Å². The van der Waals surface area contributed by atoms with Gasteiger partial charge in [-0.1, -0.05) is 0 Å². The number of hydrogen-bond donors (Lipinski definition) is 2. The summed E-state index contributed by atoms with van der Waals surface area (Å²) in [5.41, 5.74) is 10.9. The highest BCUT2D eigenvalue weighted by atomic mass is 32.2. The number of primary amides is 1. The Hall–Kier alpha value is -1.80. The SMILES string of the molecule is COc1cc(N)ccc1S(=O)(=O)N(C)CC(N)=O. The lowest BCUT2D eigenvalue weighted by molar-refractivity contribution is -0.118. The van der Waals surface area contributed by atoms with Crippen LogP contribution >= 0.6 is 0 Å². The van der Waals surface area contributed by atoms with Crippen LogP contribution < -0.4 is 16.2 Å². The number of benzene rings is 1. The molecule has 4 N–H and O–H groups in total. The number of likely N-dealkylation sites (N-methyl/N-ethyl adjacent to an activating group) is 1. The van der Waals surface area contributed by atoms with E-state index in [1.165, 1.54) is 32.4 Å². The smallest absolute Gasteiger partial charge is 0.246 e. The zero-order valence-corrected chi connectivity index (χ0v) is 10.9. The van der Waals surface area contributed by atoms with Crippen LogP contribution in [-0.4, -0.2) is 39.3 Å². The Morgan fingerprint density at radius 3 is 2.56 bits per heavy atom. The van der Waals surface area contributed by atoms with Crippen molar-refractivity contribution in [2.24, 2.45) is 5.73 Å². The molecule has 100 valence electrons. The van der Waals surface area contributed by atoms with E-state index in [0.717, 1.165) is 4.31 Å². The molecule has 1 rings (SSSR count). The number of ether oxygens (including phenoxy) is 1. The van der Waals surface area contributed by atoms with E-state index in [4.69, 9.17) is 16.2 Å². The van der Waals surface area contributed by atoms with E-state index in [-0.39, 0.29) is 10.6 Å². The van der Waals surface area contributed by atoms with Gasteiger partial charge >= 0.3 is 0 Å². The van der Waals surface area contributed by atoms with E-state index in [1.54, 1.807) is 0 Å². The number of nitrogen functional groups attached to an aromatic ring is 1. The van der Waals surface area contributed by atoms with Crippen molar-refractivity contribution in [1.29, 1.82) is 0 Å². The van der Waals surface area contributed by atoms with Crippen LogP contribution in [0.15, 0.2) is 23.1 Å². The van der Waals surface area contributed by atoms with Gasteiger partial charge < -0.3 is 16.2 Å². The first kappa shape index (κ1) is 14.3. The van der Waals surface area contributed by atoms with Crippen LogP contribution in [0.3, 0.4) is 0 Å². The molecule has 0 aliphatic carbocycles. The first-order valence-electron chi connectivity index (χ1n) is 4.97. The molecule has 18 heavy (non-hydrogen) atoms. The Morgan fingerprint density at radius 1 is 1.44 bits per heavy atom. The summed E-state index contributed by atoms with van der Waals surface area (Å²) in [7, 11) is -1.25. The van der Waals surface area contributed by atoms with Crippen LogP contribution in [0.4, 0.5) is 5.69 Å². The summed E-state index contributed by atoms with van der Waals surface area (Å²) < 4.78 is 30.1. The Balaban J connectivity index is 3.24. The highest BCUT2D eigenvalue weighted by Crippen LogP contribution is 2.27. The van der Waals surface area contributed by atoms with Crippen LogP contribution in [0, 0.1) is 0 Å². The van der Waals surface area contributed by atoms with Gasteiger partial charge in [0.15, 0.2) is 0 Å². The minimum absolute atomic E-state index is 0.0667. The Morgan fingerprint density at radius 2 is 2.06 bits per heavy atom. The monoisotopic (exact) mass is 273 g/mol. The average molecular weight is 273 g/mol. The molecule has 0 saturated carbocycles. The third-order valence-electron chi connectivity index (χ3n) is 2.25. The van der Waals surface area contributed by atoms with E-state index in [1.807, 2.05) is 0 Å². The minimum atomic E-state index is -3.84. The third kappa shape index (κ3) is 2.90. The fourth-order valence-electron chi connectivity index (χ4n) is 1.37. The van der Waals surface area contributed by atoms with Crippen molar-refractivity contribution in [1.82, 2.24) is 4.31 Å². The summed E-state index contributed by atoms with van der Waals surface area (Å²) in [6.45, 7) is -0.407. The van der Waals surface area contributed by atoms with Crippen molar-refractivity contribution in [3.05, 3.63) is 18.2 Å². The predicted octanol–water partition coefficient (Wildman–Crippen LogP) is -0.617. The third-order valence-corrected chi connectivity index (χ3v) is 4.10. The average Bonchev–Trinajstić information content (AvgIpc) is 2.27. The fourth-order valence-corrected chi connectivity index (χ4v) is 2.64. The van der Waals surface area contributed by atoms with Crippen molar-refractivity contribution >= 4 is 21.6 Å². The Bertz CT molecular complexity index is 556. The number of methoxy groups -OCH3 is 1. The highest BCUT2D eigenvalue weighted by molar-refractivity contribution is 7.89. The quantitative estimate of drug-likeness (QED) is 0.694. The maximum absolute atomic E-state index is 12.2. The number of sulfonamides is 1. The molecule has 0 atom stereocenters. The molecule has 7 nitrogen and oxygen atoms in total. The van der Waals surface area contributed by atoms with Gasteiger partial charge in [-0.15, -0.1) is 0 Å². The summed E-state index contributed by atoms with van der Waals surface area (Å²) >= 11 is 0. The maximum Gasteiger partial charge on any atom is 0.246 e. The molecule has 0 spiro atoms. The second-order valence-corrected chi connectivity index (χ2v) is 5.65. The molecule has 1 aromatic rings. The summed E-state index contributed by atoms with van der Waals surface area (Å²) in [5.74, 6) is -0.623. The maximum atomic E-state index is 12.2. The van der Waals surface area contributed by atoms with Gasteiger partial charge in [0.1, 0.15) is 10.6 Å². The number of nitrogens with two attached hydrogens (primary N) is 2. The van der Waals surface area contributed by atoms with E-state index < -0.39 is 22.5 Å². The number of amides is 1. The number of anilines is 1. The van der Waals surface area contributed by atoms with Crippen LogP contribution in [0.2, 0.25) is 0 Å². The highest BCUT2D eigenvalue weighted by Gasteiger charge is 2.25. The summed E-state index contributed by atoms with van der Waals surface area (Å²) in [6, 6.07) is 4.15. The summed E-state index contributed by atoms with van der Waals surface area (Å²) in [4.78, 5) is 10.7. The number of carbonyl (C=O) groups excluding carboxylic acids is 1. The zero-order chi connectivity index (χ0) is 13.9. The molecule has 0 radical (unpaired) electrons. The van der Waals surface area contributed by atoms with Crippen LogP contribution in [0.5, 0.6) is 5.75 Å². The molecular formula is C10H15N3O4S. The topological polar surface area (TPSA) is 116 Å². The van der Waals surface area contributed by atoms with Gasteiger partial charge in [-0.25, -0.2) is 8.42 Å². The second-order valence-electron chi connectivity index (χ2n) is 3.64. The van der Waals surface area contributed by atoms with Gasteiger partial charge in [0.25, 0.3) is 0 Å². The molecule has 0 bridgehead atoms. The lowest BCUT2D eigenvalue weighted by Crippen LogP contribution is -2.35. The molecule has 0 aliphatic heterocycles. The van der Waals surface area contributed by atoms with Gasteiger partial charge in [-0.2, -0.15) is 4.31 Å². The normalized spacial score (nSPS) is 11.5. The first-order valence-corrected chi connectivity index (χ1v) is 6.41. The van der Waals surface area contributed by atoms with Crippen molar-refractivity contribution in [2.45, 2.75) is 4.90 Å². The van der Waals surface area contributed by atoms with E-state index >= 15 is 0 Å². The van der Waals surface area contributed by atoms with Crippen LogP contribution in [0.25, 0.3) is 0 Å². The molecule has 1 aromatic carbocycles. The van der Waals surface area contributed by atoms with Gasteiger partial charge in [-0.3, -0.25) is 4.79 Å².